The van der Waals surface area contributed by atoms with Crippen LogP contribution in [0.3, 0.4) is 0 Å². The van der Waals surface area contributed by atoms with Crippen molar-refractivity contribution in [1.29, 1.82) is 0 Å². The highest BCUT2D eigenvalue weighted by atomic mass is 35.5. The third-order valence-electron chi connectivity index (χ3n) is 6.04. The van der Waals surface area contributed by atoms with Crippen LogP contribution in [0.4, 0.5) is 0 Å². The van der Waals surface area contributed by atoms with E-state index in [1.165, 1.54) is 11.6 Å². The van der Waals surface area contributed by atoms with Crippen LogP contribution in [0.2, 0.25) is 5.02 Å². The van der Waals surface area contributed by atoms with Crippen molar-refractivity contribution in [3.05, 3.63) is 68.5 Å². The van der Waals surface area contributed by atoms with Gasteiger partial charge in [0.1, 0.15) is 5.75 Å². The normalized spacial score (nSPS) is 11.4. The van der Waals surface area contributed by atoms with Crippen LogP contribution in [0.1, 0.15) is 0 Å². The summed E-state index contributed by atoms with van der Waals surface area (Å²) < 4.78 is 22.2. The molecule has 0 amide bonds. The molecule has 5 rings (SSSR count). The minimum absolute atomic E-state index is 0.279. The summed E-state index contributed by atoms with van der Waals surface area (Å²) in [5.41, 5.74) is 1.85. The zero-order valence-electron chi connectivity index (χ0n) is 19.7. The second-order valence-corrected chi connectivity index (χ2v) is 8.31. The number of halogens is 1. The number of nitrogens with zero attached hydrogens (tertiary/aromatic N) is 5. The van der Waals surface area contributed by atoms with Crippen LogP contribution in [-0.4, -0.2) is 44.4 Å². The summed E-state index contributed by atoms with van der Waals surface area (Å²) in [4.78, 5) is 30.3. The first kappa shape index (κ1) is 22.6. The Hall–Kier alpha value is -4.18. The van der Waals surface area contributed by atoms with Crippen molar-refractivity contribution in [3.8, 4) is 34.2 Å². The van der Waals surface area contributed by atoms with Gasteiger partial charge in [0, 0.05) is 31.9 Å². The van der Waals surface area contributed by atoms with Gasteiger partial charge in [-0.3, -0.25) is 22.9 Å². The third-order valence-corrected chi connectivity index (χ3v) is 6.33. The van der Waals surface area contributed by atoms with Gasteiger partial charge >= 0.3 is 5.69 Å². The van der Waals surface area contributed by atoms with Gasteiger partial charge in [0.15, 0.2) is 22.7 Å². The van der Waals surface area contributed by atoms with E-state index in [9.17, 15) is 9.59 Å². The summed E-state index contributed by atoms with van der Waals surface area (Å²) in [6.45, 7) is 0. The lowest BCUT2D eigenvalue weighted by atomic mass is 10.1. The second kappa shape index (κ2) is 8.24. The quantitative estimate of drug-likeness (QED) is 0.372. The number of imidazole rings is 2. The minimum Gasteiger partial charge on any atom is -0.495 e. The molecule has 180 valence electrons. The maximum absolute atomic E-state index is 13.1. The summed E-state index contributed by atoms with van der Waals surface area (Å²) in [5, 5.41) is 0.436. The first-order valence-electron chi connectivity index (χ1n) is 10.6. The molecular formula is C24H22ClN5O5. The summed E-state index contributed by atoms with van der Waals surface area (Å²) in [7, 11) is 7.70. The molecule has 2 aromatic carbocycles. The molecule has 3 aromatic heterocycles. The molecule has 0 fully saturated rings. The lowest BCUT2D eigenvalue weighted by Gasteiger charge is -2.13. The van der Waals surface area contributed by atoms with Crippen molar-refractivity contribution < 1.29 is 14.2 Å². The molecule has 10 nitrogen and oxygen atoms in total. The molecule has 5 aromatic rings. The first-order valence-corrected chi connectivity index (χ1v) is 10.9. The third kappa shape index (κ3) is 3.28. The molecule has 0 aliphatic heterocycles. The van der Waals surface area contributed by atoms with E-state index in [1.54, 1.807) is 57.2 Å². The molecule has 0 bridgehead atoms. The summed E-state index contributed by atoms with van der Waals surface area (Å²) >= 11 is 6.43. The van der Waals surface area contributed by atoms with E-state index in [2.05, 4.69) is 0 Å². The predicted octanol–water partition coefficient (Wildman–Crippen LogP) is 3.02. The number of aromatic nitrogens is 5. The highest BCUT2D eigenvalue weighted by Gasteiger charge is 2.23. The molecule has 0 atom stereocenters. The molecule has 0 saturated carbocycles. The molecule has 35 heavy (non-hydrogen) atoms. The van der Waals surface area contributed by atoms with Crippen LogP contribution < -0.4 is 25.5 Å². The zero-order chi connectivity index (χ0) is 25.0. The number of benzene rings is 2. The highest BCUT2D eigenvalue weighted by Crippen LogP contribution is 2.36. The average Bonchev–Trinajstić information content (AvgIpc) is 3.42. The van der Waals surface area contributed by atoms with Crippen LogP contribution in [0.25, 0.3) is 33.9 Å². The number of rotatable bonds is 5. The number of hydrogen-bond donors (Lipinski definition) is 0. The summed E-state index contributed by atoms with van der Waals surface area (Å²) in [5.74, 6) is 2.07. The van der Waals surface area contributed by atoms with Gasteiger partial charge in [-0.25, -0.2) is 4.79 Å². The van der Waals surface area contributed by atoms with Crippen LogP contribution >= 0.6 is 11.6 Å². The predicted molar refractivity (Wildman–Crippen MR) is 133 cm³/mol. The lowest BCUT2D eigenvalue weighted by Crippen LogP contribution is -2.37. The lowest BCUT2D eigenvalue weighted by molar-refractivity contribution is 0.355. The number of fused-ring (bicyclic) bond motifs is 3. The molecule has 0 aliphatic carbocycles. The Labute approximate surface area is 204 Å². The topological polar surface area (TPSA) is 93.9 Å². The highest BCUT2D eigenvalue weighted by molar-refractivity contribution is 6.32. The van der Waals surface area contributed by atoms with Gasteiger partial charge in [0.25, 0.3) is 5.56 Å². The summed E-state index contributed by atoms with van der Waals surface area (Å²) in [6, 6.07) is 10.9. The number of hydrogen-bond acceptors (Lipinski definition) is 6. The Morgan fingerprint density at radius 3 is 2.20 bits per heavy atom. The Morgan fingerprint density at radius 1 is 0.857 bits per heavy atom. The van der Waals surface area contributed by atoms with E-state index >= 15 is 0 Å². The van der Waals surface area contributed by atoms with E-state index in [-0.39, 0.29) is 11.2 Å². The molecular weight excluding hydrogens is 474 g/mol. The van der Waals surface area contributed by atoms with Crippen LogP contribution in [0, 0.1) is 0 Å². The average molecular weight is 496 g/mol. The van der Waals surface area contributed by atoms with Gasteiger partial charge in [-0.05, 0) is 30.3 Å². The van der Waals surface area contributed by atoms with Gasteiger partial charge in [-0.15, -0.1) is 0 Å². The SMILES string of the molecule is COc1ccc(-c2cn3c4c(=O)n(C)c(=O)n(C)c4nc3n2-c2ccc(OC)c(OC)c2)cc1Cl. The van der Waals surface area contributed by atoms with Crippen molar-refractivity contribution in [3.63, 3.8) is 0 Å². The van der Waals surface area contributed by atoms with Crippen molar-refractivity contribution in [1.82, 2.24) is 23.1 Å². The maximum atomic E-state index is 13.1. The molecule has 0 unspecified atom stereocenters. The van der Waals surface area contributed by atoms with Gasteiger partial charge in [0.2, 0.25) is 5.78 Å². The fourth-order valence-electron chi connectivity index (χ4n) is 4.22. The Kier molecular flexibility index (Phi) is 5.32. The number of methoxy groups -OCH3 is 3. The van der Waals surface area contributed by atoms with Gasteiger partial charge in [-0.2, -0.15) is 4.98 Å². The van der Waals surface area contributed by atoms with Gasteiger partial charge in [-0.1, -0.05) is 11.6 Å². The van der Waals surface area contributed by atoms with E-state index in [1.807, 2.05) is 22.8 Å². The monoisotopic (exact) mass is 495 g/mol. The second-order valence-electron chi connectivity index (χ2n) is 7.90. The molecule has 0 N–H and O–H groups in total. The smallest absolute Gasteiger partial charge is 0.332 e. The van der Waals surface area contributed by atoms with Gasteiger partial charge < -0.3 is 14.2 Å². The van der Waals surface area contributed by atoms with Crippen molar-refractivity contribution >= 4 is 28.5 Å². The zero-order valence-corrected chi connectivity index (χ0v) is 20.5. The number of ether oxygens (including phenoxy) is 3. The summed E-state index contributed by atoms with van der Waals surface area (Å²) in [6.07, 6.45) is 1.80. The van der Waals surface area contributed by atoms with E-state index in [4.69, 9.17) is 30.8 Å². The number of aryl methyl sites for hydroxylation is 1. The standard InChI is InChI=1S/C24H22ClN5O5/c1-27-21-20(22(31)28(2)24(27)32)29-12-16(13-6-8-17(33-3)15(25)10-13)30(23(29)26-21)14-7-9-18(34-4)19(11-14)35-5/h6-12H,1-5H3. The van der Waals surface area contributed by atoms with E-state index in [0.29, 0.717) is 39.4 Å². The van der Waals surface area contributed by atoms with Gasteiger partial charge in [0.05, 0.1) is 37.7 Å². The van der Waals surface area contributed by atoms with Crippen LogP contribution in [0.5, 0.6) is 17.2 Å². The van der Waals surface area contributed by atoms with Crippen molar-refractivity contribution in [2.24, 2.45) is 14.1 Å². The fourth-order valence-corrected chi connectivity index (χ4v) is 4.48. The van der Waals surface area contributed by atoms with Crippen molar-refractivity contribution in [2.75, 3.05) is 21.3 Å². The van der Waals surface area contributed by atoms with E-state index < -0.39 is 11.2 Å². The molecule has 0 radical (unpaired) electrons. The van der Waals surface area contributed by atoms with Crippen molar-refractivity contribution in [2.45, 2.75) is 0 Å². The molecule has 3 heterocycles. The van der Waals surface area contributed by atoms with E-state index in [0.717, 1.165) is 10.1 Å². The van der Waals surface area contributed by atoms with Crippen LogP contribution in [0.15, 0.2) is 52.2 Å². The maximum Gasteiger partial charge on any atom is 0.332 e. The molecule has 11 heteroatoms. The Balaban J connectivity index is 1.92. The fraction of sp³-hybridized carbons (Fsp3) is 0.208. The largest absolute Gasteiger partial charge is 0.495 e. The Bertz CT molecular complexity index is 1740. The molecule has 0 aliphatic rings. The van der Waals surface area contributed by atoms with Crippen LogP contribution in [-0.2, 0) is 14.1 Å². The Morgan fingerprint density at radius 2 is 1.54 bits per heavy atom. The minimum atomic E-state index is -0.455. The molecule has 0 saturated heterocycles. The molecule has 0 spiro atoms. The first-order chi connectivity index (χ1) is 16.8.